The molecule has 2 aliphatic heterocycles. The number of sulfone groups is 1. The number of aliphatic imine (C=N–C) groups is 1. The predicted octanol–water partition coefficient (Wildman–Crippen LogP) is 1.54. The van der Waals surface area contributed by atoms with Gasteiger partial charge in [0, 0.05) is 32.6 Å². The fourth-order valence-electron chi connectivity index (χ4n) is 3.68. The van der Waals surface area contributed by atoms with Gasteiger partial charge in [-0.2, -0.15) is 0 Å². The minimum atomic E-state index is -2.82. The van der Waals surface area contributed by atoms with Crippen LogP contribution in [0.25, 0.3) is 0 Å². The molecule has 1 aromatic carbocycles. The van der Waals surface area contributed by atoms with Crippen LogP contribution >= 0.6 is 0 Å². The molecular weight excluding hydrogens is 350 g/mol. The van der Waals surface area contributed by atoms with Crippen LogP contribution in [0.4, 0.5) is 0 Å². The SMILES string of the molecule is CN=C(NCC1CCS(=O)(=O)C1)N1CCC(COCc2ccccc2)C1. The Balaban J connectivity index is 1.39. The standard InChI is InChI=1S/C19H29N3O3S/c1-20-19(21-11-17-8-10-26(23,24)15-17)22-9-7-18(12-22)14-25-13-16-5-3-2-4-6-16/h2-6,17-18H,7-15H2,1H3,(H,20,21). The molecule has 2 aliphatic rings. The van der Waals surface area contributed by atoms with Crippen LogP contribution in [0.15, 0.2) is 35.3 Å². The Morgan fingerprint density at radius 2 is 2.08 bits per heavy atom. The maximum absolute atomic E-state index is 11.6. The van der Waals surface area contributed by atoms with Gasteiger partial charge in [-0.3, -0.25) is 4.99 Å². The lowest BCUT2D eigenvalue weighted by Crippen LogP contribution is -2.42. The zero-order chi connectivity index (χ0) is 18.4. The van der Waals surface area contributed by atoms with Gasteiger partial charge >= 0.3 is 0 Å². The van der Waals surface area contributed by atoms with E-state index in [9.17, 15) is 8.42 Å². The molecule has 144 valence electrons. The Hall–Kier alpha value is -1.60. The van der Waals surface area contributed by atoms with Crippen molar-refractivity contribution in [3.63, 3.8) is 0 Å². The number of nitrogens with zero attached hydrogens (tertiary/aromatic N) is 2. The topological polar surface area (TPSA) is 71.0 Å². The second-order valence-corrected chi connectivity index (χ2v) is 9.53. The molecule has 0 aromatic heterocycles. The first kappa shape index (κ1) is 19.2. The van der Waals surface area contributed by atoms with Crippen LogP contribution < -0.4 is 5.32 Å². The number of ether oxygens (including phenoxy) is 1. The van der Waals surface area contributed by atoms with Crippen molar-refractivity contribution >= 4 is 15.8 Å². The van der Waals surface area contributed by atoms with Gasteiger partial charge in [0.25, 0.3) is 0 Å². The lowest BCUT2D eigenvalue weighted by molar-refractivity contribution is 0.0906. The second-order valence-electron chi connectivity index (χ2n) is 7.30. The van der Waals surface area contributed by atoms with Crippen LogP contribution in [-0.4, -0.2) is 64.1 Å². The first-order chi connectivity index (χ1) is 12.6. The van der Waals surface area contributed by atoms with Crippen LogP contribution in [0.1, 0.15) is 18.4 Å². The van der Waals surface area contributed by atoms with Crippen LogP contribution in [0.3, 0.4) is 0 Å². The Kier molecular flexibility index (Phi) is 6.53. The number of guanidine groups is 1. The van der Waals surface area contributed by atoms with Gasteiger partial charge < -0.3 is 15.0 Å². The van der Waals surface area contributed by atoms with Gasteiger partial charge in [-0.15, -0.1) is 0 Å². The Morgan fingerprint density at radius 3 is 2.77 bits per heavy atom. The molecular formula is C19H29N3O3S. The predicted molar refractivity (Wildman–Crippen MR) is 104 cm³/mol. The molecule has 2 fully saturated rings. The highest BCUT2D eigenvalue weighted by molar-refractivity contribution is 7.91. The minimum absolute atomic E-state index is 0.198. The number of rotatable bonds is 6. The highest BCUT2D eigenvalue weighted by Gasteiger charge is 2.29. The molecule has 6 nitrogen and oxygen atoms in total. The largest absolute Gasteiger partial charge is 0.376 e. The lowest BCUT2D eigenvalue weighted by Gasteiger charge is -2.23. The van der Waals surface area contributed by atoms with Gasteiger partial charge in [0.1, 0.15) is 0 Å². The Morgan fingerprint density at radius 1 is 1.27 bits per heavy atom. The highest BCUT2D eigenvalue weighted by atomic mass is 32.2. The molecule has 2 atom stereocenters. The van der Waals surface area contributed by atoms with E-state index in [4.69, 9.17) is 4.74 Å². The fraction of sp³-hybridized carbons (Fsp3) is 0.632. The molecule has 1 aromatic rings. The summed E-state index contributed by atoms with van der Waals surface area (Å²) in [6.45, 7) is 3.97. The van der Waals surface area contributed by atoms with Gasteiger partial charge in [-0.05, 0) is 24.3 Å². The van der Waals surface area contributed by atoms with Crippen molar-refractivity contribution in [2.24, 2.45) is 16.8 Å². The van der Waals surface area contributed by atoms with Gasteiger partial charge in [-0.25, -0.2) is 8.42 Å². The molecule has 2 unspecified atom stereocenters. The number of likely N-dealkylation sites (tertiary alicyclic amines) is 1. The van der Waals surface area contributed by atoms with E-state index in [1.165, 1.54) is 5.56 Å². The monoisotopic (exact) mass is 379 g/mol. The van der Waals surface area contributed by atoms with Gasteiger partial charge in [0.05, 0.1) is 24.7 Å². The van der Waals surface area contributed by atoms with Gasteiger partial charge in [0.15, 0.2) is 15.8 Å². The molecule has 3 rings (SSSR count). The van der Waals surface area contributed by atoms with E-state index in [1.54, 1.807) is 7.05 Å². The van der Waals surface area contributed by atoms with E-state index >= 15 is 0 Å². The van der Waals surface area contributed by atoms with Crippen LogP contribution in [0, 0.1) is 11.8 Å². The summed E-state index contributed by atoms with van der Waals surface area (Å²) in [5, 5.41) is 3.36. The maximum Gasteiger partial charge on any atom is 0.193 e. The summed E-state index contributed by atoms with van der Waals surface area (Å²) in [5.74, 6) is 2.20. The number of hydrogen-bond acceptors (Lipinski definition) is 4. The molecule has 2 saturated heterocycles. The first-order valence-electron chi connectivity index (χ1n) is 9.33. The normalized spacial score (nSPS) is 25.6. The third kappa shape index (κ3) is 5.45. The van der Waals surface area contributed by atoms with Crippen molar-refractivity contribution < 1.29 is 13.2 Å². The molecule has 0 spiro atoms. The first-order valence-corrected chi connectivity index (χ1v) is 11.2. The Labute approximate surface area is 156 Å². The average Bonchev–Trinajstić information content (AvgIpc) is 3.23. The average molecular weight is 380 g/mol. The summed E-state index contributed by atoms with van der Waals surface area (Å²) in [6.07, 6.45) is 1.84. The number of benzene rings is 1. The van der Waals surface area contributed by atoms with Crippen molar-refractivity contribution in [1.29, 1.82) is 0 Å². The van der Waals surface area contributed by atoms with Gasteiger partial charge in [0.2, 0.25) is 0 Å². The molecule has 7 heteroatoms. The molecule has 0 amide bonds. The summed E-state index contributed by atoms with van der Waals surface area (Å²) in [5.41, 5.74) is 1.20. The molecule has 1 N–H and O–H groups in total. The lowest BCUT2D eigenvalue weighted by atomic mass is 10.1. The minimum Gasteiger partial charge on any atom is -0.376 e. The fourth-order valence-corrected chi connectivity index (χ4v) is 5.54. The van der Waals surface area contributed by atoms with Crippen LogP contribution in [-0.2, 0) is 21.2 Å². The molecule has 2 heterocycles. The molecule has 0 radical (unpaired) electrons. The van der Waals surface area contributed by atoms with E-state index in [-0.39, 0.29) is 5.92 Å². The van der Waals surface area contributed by atoms with Crippen LogP contribution in [0.5, 0.6) is 0 Å². The van der Waals surface area contributed by atoms with Crippen molar-refractivity contribution in [2.45, 2.75) is 19.4 Å². The van der Waals surface area contributed by atoms with Crippen molar-refractivity contribution in [2.75, 3.05) is 44.8 Å². The van der Waals surface area contributed by atoms with E-state index in [2.05, 4.69) is 27.3 Å². The van der Waals surface area contributed by atoms with E-state index in [1.807, 2.05) is 18.2 Å². The quantitative estimate of drug-likeness (QED) is 0.600. The van der Waals surface area contributed by atoms with E-state index < -0.39 is 9.84 Å². The highest BCUT2D eigenvalue weighted by Crippen LogP contribution is 2.19. The summed E-state index contributed by atoms with van der Waals surface area (Å²) in [7, 11) is -1.04. The zero-order valence-electron chi connectivity index (χ0n) is 15.4. The second kappa shape index (κ2) is 8.86. The molecule has 0 bridgehead atoms. The summed E-state index contributed by atoms with van der Waals surface area (Å²) >= 11 is 0. The van der Waals surface area contributed by atoms with Gasteiger partial charge in [-0.1, -0.05) is 30.3 Å². The number of nitrogens with one attached hydrogen (secondary N) is 1. The molecule has 0 aliphatic carbocycles. The third-order valence-corrected chi connectivity index (χ3v) is 6.97. The summed E-state index contributed by atoms with van der Waals surface area (Å²) < 4.78 is 29.0. The van der Waals surface area contributed by atoms with Crippen molar-refractivity contribution in [1.82, 2.24) is 10.2 Å². The summed E-state index contributed by atoms with van der Waals surface area (Å²) in [6, 6.07) is 10.2. The molecule has 26 heavy (non-hydrogen) atoms. The van der Waals surface area contributed by atoms with E-state index in [0.717, 1.165) is 38.5 Å². The Bertz CT molecular complexity index is 706. The summed E-state index contributed by atoms with van der Waals surface area (Å²) in [4.78, 5) is 6.62. The van der Waals surface area contributed by atoms with Crippen molar-refractivity contribution in [3.05, 3.63) is 35.9 Å². The number of hydrogen-bond donors (Lipinski definition) is 1. The zero-order valence-corrected chi connectivity index (χ0v) is 16.2. The smallest absolute Gasteiger partial charge is 0.193 e. The van der Waals surface area contributed by atoms with Crippen LogP contribution in [0.2, 0.25) is 0 Å². The van der Waals surface area contributed by atoms with Crippen molar-refractivity contribution in [3.8, 4) is 0 Å². The third-order valence-electron chi connectivity index (χ3n) is 5.14. The molecule has 0 saturated carbocycles. The van der Waals surface area contributed by atoms with E-state index in [0.29, 0.717) is 30.6 Å². The maximum atomic E-state index is 11.6.